The minimum Gasteiger partial charge on any atom is -0.485 e. The Labute approximate surface area is 128 Å². The van der Waals surface area contributed by atoms with Crippen LogP contribution in [-0.4, -0.2) is 29.1 Å². The van der Waals surface area contributed by atoms with Gasteiger partial charge in [0.05, 0.1) is 5.56 Å². The number of carbonyl (C=O) groups is 1. The van der Waals surface area contributed by atoms with Crippen LogP contribution in [0.2, 0.25) is 0 Å². The highest BCUT2D eigenvalue weighted by molar-refractivity contribution is 5.96. The average molecular weight is 304 g/mol. The summed E-state index contributed by atoms with van der Waals surface area (Å²) in [7, 11) is 0. The number of hydrogen-bond acceptors (Lipinski definition) is 6. The summed E-state index contributed by atoms with van der Waals surface area (Å²) in [5.74, 6) is 1.23. The van der Waals surface area contributed by atoms with Crippen molar-refractivity contribution < 1.29 is 14.1 Å². The fourth-order valence-electron chi connectivity index (χ4n) is 1.89. The molecule has 0 unspecified atom stereocenters. The number of benzene rings is 1. The zero-order chi connectivity index (χ0) is 15.8. The summed E-state index contributed by atoms with van der Waals surface area (Å²) in [5, 5.41) is 6.60. The van der Waals surface area contributed by atoms with Gasteiger partial charge in [-0.25, -0.2) is 0 Å². The SMILES string of the molecule is Cc1nc(COc2ccccc2C(=O)NCCCCN)no1. The lowest BCUT2D eigenvalue weighted by Gasteiger charge is -2.10. The first-order valence-electron chi connectivity index (χ1n) is 7.20. The molecule has 7 heteroatoms. The molecule has 22 heavy (non-hydrogen) atoms. The second-order valence-corrected chi connectivity index (χ2v) is 4.77. The maximum Gasteiger partial charge on any atom is 0.255 e. The molecule has 2 aromatic rings. The number of ether oxygens (including phenoxy) is 1. The Balaban J connectivity index is 1.95. The first-order valence-corrected chi connectivity index (χ1v) is 7.20. The molecule has 0 saturated carbocycles. The monoisotopic (exact) mass is 304 g/mol. The molecule has 0 spiro atoms. The quantitative estimate of drug-likeness (QED) is 0.715. The number of nitrogens with two attached hydrogens (primary N) is 1. The molecule has 1 aromatic carbocycles. The van der Waals surface area contributed by atoms with Gasteiger partial charge in [-0.3, -0.25) is 4.79 Å². The van der Waals surface area contributed by atoms with Crippen LogP contribution in [0.15, 0.2) is 28.8 Å². The topological polar surface area (TPSA) is 103 Å². The van der Waals surface area contributed by atoms with E-state index < -0.39 is 0 Å². The standard InChI is InChI=1S/C15H20N4O3/c1-11-18-14(19-22-11)10-21-13-7-3-2-6-12(13)15(20)17-9-5-4-8-16/h2-3,6-7H,4-5,8-10,16H2,1H3,(H,17,20). The summed E-state index contributed by atoms with van der Waals surface area (Å²) in [6.07, 6.45) is 1.74. The minimum absolute atomic E-state index is 0.148. The van der Waals surface area contributed by atoms with E-state index in [1.54, 1.807) is 25.1 Å². The van der Waals surface area contributed by atoms with E-state index in [0.29, 0.717) is 36.1 Å². The third-order valence-electron chi connectivity index (χ3n) is 2.97. The van der Waals surface area contributed by atoms with Gasteiger partial charge in [-0.05, 0) is 31.5 Å². The highest BCUT2D eigenvalue weighted by Crippen LogP contribution is 2.18. The Morgan fingerprint density at radius 3 is 2.91 bits per heavy atom. The van der Waals surface area contributed by atoms with Gasteiger partial charge >= 0.3 is 0 Å². The van der Waals surface area contributed by atoms with Crippen molar-refractivity contribution in [3.8, 4) is 5.75 Å². The molecule has 7 nitrogen and oxygen atoms in total. The molecule has 0 radical (unpaired) electrons. The van der Waals surface area contributed by atoms with Crippen LogP contribution < -0.4 is 15.8 Å². The van der Waals surface area contributed by atoms with E-state index in [9.17, 15) is 4.79 Å². The lowest BCUT2D eigenvalue weighted by atomic mass is 10.2. The molecule has 3 N–H and O–H groups in total. The second kappa shape index (κ2) is 8.14. The van der Waals surface area contributed by atoms with Crippen molar-refractivity contribution in [3.63, 3.8) is 0 Å². The van der Waals surface area contributed by atoms with E-state index in [0.717, 1.165) is 12.8 Å². The maximum atomic E-state index is 12.2. The van der Waals surface area contributed by atoms with Gasteiger partial charge in [0.25, 0.3) is 5.91 Å². The van der Waals surface area contributed by atoms with Gasteiger partial charge in [0.15, 0.2) is 6.61 Å². The second-order valence-electron chi connectivity index (χ2n) is 4.77. The van der Waals surface area contributed by atoms with Crippen LogP contribution in [-0.2, 0) is 6.61 Å². The van der Waals surface area contributed by atoms with Gasteiger partial charge in [0.1, 0.15) is 5.75 Å². The number of aryl methyl sites for hydroxylation is 1. The summed E-state index contributed by atoms with van der Waals surface area (Å²) in [6, 6.07) is 7.05. The van der Waals surface area contributed by atoms with Crippen molar-refractivity contribution in [2.24, 2.45) is 5.73 Å². The number of aromatic nitrogens is 2. The molecule has 1 amide bonds. The largest absolute Gasteiger partial charge is 0.485 e. The summed E-state index contributed by atoms with van der Waals surface area (Å²) in [4.78, 5) is 16.2. The molecule has 118 valence electrons. The maximum absolute atomic E-state index is 12.2. The number of para-hydroxylation sites is 1. The molecule has 0 fully saturated rings. The predicted molar refractivity (Wildman–Crippen MR) is 80.4 cm³/mol. The average Bonchev–Trinajstić information content (AvgIpc) is 2.95. The van der Waals surface area contributed by atoms with Gasteiger partial charge in [-0.2, -0.15) is 4.98 Å². The first-order chi connectivity index (χ1) is 10.7. The molecule has 2 rings (SSSR count). The Bertz CT molecular complexity index is 612. The molecule has 0 atom stereocenters. The van der Waals surface area contributed by atoms with Crippen molar-refractivity contribution in [2.45, 2.75) is 26.4 Å². The fourth-order valence-corrected chi connectivity index (χ4v) is 1.89. The van der Waals surface area contributed by atoms with Gasteiger partial charge < -0.3 is 20.3 Å². The molecular formula is C15H20N4O3. The van der Waals surface area contributed by atoms with Crippen molar-refractivity contribution in [1.82, 2.24) is 15.5 Å². The van der Waals surface area contributed by atoms with E-state index in [2.05, 4.69) is 15.5 Å². The van der Waals surface area contributed by atoms with Crippen LogP contribution in [0.4, 0.5) is 0 Å². The van der Waals surface area contributed by atoms with Crippen LogP contribution in [0, 0.1) is 6.92 Å². The van der Waals surface area contributed by atoms with E-state index in [4.69, 9.17) is 15.0 Å². The summed E-state index contributed by atoms with van der Waals surface area (Å²) in [6.45, 7) is 3.07. The molecule has 0 saturated heterocycles. The zero-order valence-electron chi connectivity index (χ0n) is 12.5. The number of hydrogen-bond donors (Lipinski definition) is 2. The third kappa shape index (κ3) is 4.56. The van der Waals surface area contributed by atoms with Crippen molar-refractivity contribution >= 4 is 5.91 Å². The zero-order valence-corrected chi connectivity index (χ0v) is 12.5. The van der Waals surface area contributed by atoms with Gasteiger partial charge in [0.2, 0.25) is 11.7 Å². The molecule has 1 heterocycles. The van der Waals surface area contributed by atoms with Crippen molar-refractivity contribution in [3.05, 3.63) is 41.5 Å². The van der Waals surface area contributed by atoms with Crippen LogP contribution in [0.1, 0.15) is 34.9 Å². The van der Waals surface area contributed by atoms with Gasteiger partial charge in [-0.15, -0.1) is 0 Å². The number of nitrogens with zero attached hydrogens (tertiary/aromatic N) is 2. The number of amides is 1. The van der Waals surface area contributed by atoms with Gasteiger partial charge in [0, 0.05) is 13.5 Å². The van der Waals surface area contributed by atoms with Crippen molar-refractivity contribution in [2.75, 3.05) is 13.1 Å². The number of nitrogens with one attached hydrogen (secondary N) is 1. The number of unbranched alkanes of at least 4 members (excludes halogenated alkanes) is 1. The Morgan fingerprint density at radius 2 is 2.18 bits per heavy atom. The highest BCUT2D eigenvalue weighted by atomic mass is 16.5. The lowest BCUT2D eigenvalue weighted by Crippen LogP contribution is -2.25. The van der Waals surface area contributed by atoms with E-state index in [1.807, 2.05) is 6.07 Å². The van der Waals surface area contributed by atoms with Crippen LogP contribution in [0.3, 0.4) is 0 Å². The summed E-state index contributed by atoms with van der Waals surface area (Å²) in [5.41, 5.74) is 5.91. The van der Waals surface area contributed by atoms with E-state index in [-0.39, 0.29) is 12.5 Å². The Morgan fingerprint density at radius 1 is 1.36 bits per heavy atom. The Hall–Kier alpha value is -2.41. The molecule has 0 aliphatic heterocycles. The molecule has 1 aromatic heterocycles. The summed E-state index contributed by atoms with van der Waals surface area (Å²) < 4.78 is 10.5. The first kappa shape index (κ1) is 16.0. The lowest BCUT2D eigenvalue weighted by molar-refractivity contribution is 0.0948. The van der Waals surface area contributed by atoms with E-state index >= 15 is 0 Å². The van der Waals surface area contributed by atoms with E-state index in [1.165, 1.54) is 0 Å². The highest BCUT2D eigenvalue weighted by Gasteiger charge is 2.12. The fraction of sp³-hybridized carbons (Fsp3) is 0.400. The Kier molecular flexibility index (Phi) is 5.91. The van der Waals surface area contributed by atoms with Gasteiger partial charge in [-0.1, -0.05) is 17.3 Å². The smallest absolute Gasteiger partial charge is 0.255 e. The molecular weight excluding hydrogens is 284 g/mol. The minimum atomic E-state index is -0.170. The summed E-state index contributed by atoms with van der Waals surface area (Å²) >= 11 is 0. The van der Waals surface area contributed by atoms with Crippen LogP contribution in [0.5, 0.6) is 5.75 Å². The molecule has 0 aliphatic carbocycles. The van der Waals surface area contributed by atoms with Crippen LogP contribution in [0.25, 0.3) is 0 Å². The normalized spacial score (nSPS) is 10.5. The molecule has 0 bridgehead atoms. The predicted octanol–water partition coefficient (Wildman–Crippen LogP) is 1.43. The number of rotatable bonds is 8. The molecule has 0 aliphatic rings. The third-order valence-corrected chi connectivity index (χ3v) is 2.97. The van der Waals surface area contributed by atoms with Crippen molar-refractivity contribution in [1.29, 1.82) is 0 Å². The number of carbonyl (C=O) groups excluding carboxylic acids is 1. The van der Waals surface area contributed by atoms with Crippen LogP contribution >= 0.6 is 0 Å².